The van der Waals surface area contributed by atoms with Gasteiger partial charge in [0, 0.05) is 11.5 Å². The molecule has 0 N–H and O–H groups in total. The number of carbonyl (C=O) groups excluding carboxylic acids is 1. The predicted molar refractivity (Wildman–Crippen MR) is 63.1 cm³/mol. The summed E-state index contributed by atoms with van der Waals surface area (Å²) in [6.07, 6.45) is 0.856. The molecule has 2 nitrogen and oxygen atoms in total. The van der Waals surface area contributed by atoms with E-state index in [9.17, 15) is 4.79 Å². The molecule has 0 aliphatic carbocycles. The zero-order chi connectivity index (χ0) is 10.3. The first-order valence-electron chi connectivity index (χ1n) is 5.10. The van der Waals surface area contributed by atoms with Crippen molar-refractivity contribution in [1.29, 1.82) is 0 Å². The molecule has 1 atom stereocenters. The largest absolute Gasteiger partial charge is 0.298 e. The molecule has 0 amide bonds. The van der Waals surface area contributed by atoms with Crippen LogP contribution >= 0.6 is 11.8 Å². The van der Waals surface area contributed by atoms with E-state index in [1.807, 2.05) is 18.2 Å². The van der Waals surface area contributed by atoms with Crippen LogP contribution in [0.4, 0.5) is 5.69 Å². The van der Waals surface area contributed by atoms with Gasteiger partial charge < -0.3 is 0 Å². The van der Waals surface area contributed by atoms with Gasteiger partial charge in [-0.15, -0.1) is 11.8 Å². The van der Waals surface area contributed by atoms with Crippen LogP contribution in [0.1, 0.15) is 5.56 Å². The van der Waals surface area contributed by atoms with Gasteiger partial charge >= 0.3 is 0 Å². The number of carbonyl (C=O) groups is 1. The van der Waals surface area contributed by atoms with Crippen molar-refractivity contribution in [3.8, 4) is 0 Å². The highest BCUT2D eigenvalue weighted by Gasteiger charge is 2.31. The Labute approximate surface area is 92.8 Å². The normalized spacial score (nSPS) is 24.1. The maximum atomic E-state index is 11.7. The lowest BCUT2D eigenvalue weighted by Crippen LogP contribution is -2.35. The molecule has 3 rings (SSSR count). The number of thioether (sulfide) groups is 1. The third kappa shape index (κ3) is 1.51. The molecule has 0 spiro atoms. The van der Waals surface area contributed by atoms with E-state index in [0.29, 0.717) is 11.5 Å². The molecule has 2 aliphatic heterocycles. The second kappa shape index (κ2) is 3.49. The van der Waals surface area contributed by atoms with Gasteiger partial charge in [0.25, 0.3) is 0 Å². The summed E-state index contributed by atoms with van der Waals surface area (Å²) in [6, 6.07) is 8.12. The Morgan fingerprint density at radius 3 is 3.07 bits per heavy atom. The van der Waals surface area contributed by atoms with Gasteiger partial charge in [0.05, 0.1) is 17.4 Å². The van der Waals surface area contributed by atoms with Gasteiger partial charge in [-0.2, -0.15) is 0 Å². The minimum atomic E-state index is 0.0705. The summed E-state index contributed by atoms with van der Waals surface area (Å²) in [6.45, 7) is 0. The third-order valence-corrected chi connectivity index (χ3v) is 3.95. The number of para-hydroxylation sites is 1. The molecule has 0 saturated carbocycles. The first-order chi connectivity index (χ1) is 7.34. The van der Waals surface area contributed by atoms with Crippen LogP contribution in [-0.4, -0.2) is 23.0 Å². The van der Waals surface area contributed by atoms with E-state index in [-0.39, 0.29) is 5.92 Å². The summed E-state index contributed by atoms with van der Waals surface area (Å²) in [7, 11) is 0. The molecular weight excluding hydrogens is 206 g/mol. The van der Waals surface area contributed by atoms with E-state index >= 15 is 0 Å². The van der Waals surface area contributed by atoms with Crippen LogP contribution in [0.15, 0.2) is 29.3 Å². The highest BCUT2D eigenvalue weighted by Crippen LogP contribution is 2.32. The Bertz CT molecular complexity index is 453. The van der Waals surface area contributed by atoms with Crippen molar-refractivity contribution in [2.24, 2.45) is 10.9 Å². The molecule has 2 aliphatic rings. The second-order valence-corrected chi connectivity index (χ2v) is 4.93. The first-order valence-corrected chi connectivity index (χ1v) is 6.26. The van der Waals surface area contributed by atoms with Crippen molar-refractivity contribution in [3.05, 3.63) is 29.8 Å². The Morgan fingerprint density at radius 1 is 1.27 bits per heavy atom. The topological polar surface area (TPSA) is 29.4 Å². The number of benzene rings is 1. The summed E-state index contributed by atoms with van der Waals surface area (Å²) < 4.78 is 0. The standard InChI is InChI=1S/C12H11NOS/c14-12-7-15-6-11-9(12)5-8-3-1-2-4-10(8)13-11/h1-4,9H,5-7H2. The summed E-state index contributed by atoms with van der Waals surface area (Å²) in [5.74, 6) is 2.00. The maximum absolute atomic E-state index is 11.7. The van der Waals surface area contributed by atoms with Crippen LogP contribution in [0, 0.1) is 5.92 Å². The van der Waals surface area contributed by atoms with E-state index < -0.39 is 0 Å². The maximum Gasteiger partial charge on any atom is 0.151 e. The predicted octanol–water partition coefficient (Wildman–Crippen LogP) is 2.25. The Kier molecular flexibility index (Phi) is 2.13. The molecule has 1 fully saturated rings. The van der Waals surface area contributed by atoms with Crippen LogP contribution < -0.4 is 0 Å². The van der Waals surface area contributed by atoms with Crippen molar-refractivity contribution < 1.29 is 4.79 Å². The number of Topliss-reactive ketones (excluding diaryl/α,β-unsaturated/α-hetero) is 1. The summed E-state index contributed by atoms with van der Waals surface area (Å²) in [4.78, 5) is 16.3. The van der Waals surface area contributed by atoms with Gasteiger partial charge in [-0.05, 0) is 18.1 Å². The highest BCUT2D eigenvalue weighted by molar-refractivity contribution is 8.00. The number of hydrogen-bond donors (Lipinski definition) is 0. The fourth-order valence-electron chi connectivity index (χ4n) is 2.15. The number of aliphatic imine (C=N–C) groups is 1. The average molecular weight is 217 g/mol. The lowest BCUT2D eigenvalue weighted by atomic mass is 9.88. The van der Waals surface area contributed by atoms with E-state index in [4.69, 9.17) is 0 Å². The van der Waals surface area contributed by atoms with Crippen LogP contribution in [0.25, 0.3) is 0 Å². The first kappa shape index (κ1) is 9.16. The zero-order valence-corrected chi connectivity index (χ0v) is 9.09. The molecule has 3 heteroatoms. The molecule has 1 aromatic rings. The highest BCUT2D eigenvalue weighted by atomic mass is 32.2. The minimum absolute atomic E-state index is 0.0705. The molecule has 15 heavy (non-hydrogen) atoms. The molecule has 1 aromatic carbocycles. The molecule has 76 valence electrons. The summed E-state index contributed by atoms with van der Waals surface area (Å²) in [5, 5.41) is 0. The van der Waals surface area contributed by atoms with Crippen molar-refractivity contribution in [1.82, 2.24) is 0 Å². The van der Waals surface area contributed by atoms with Gasteiger partial charge in [-0.3, -0.25) is 9.79 Å². The quantitative estimate of drug-likeness (QED) is 0.667. The Balaban J connectivity index is 2.06. The number of ketones is 1. The molecular formula is C12H11NOS. The van der Waals surface area contributed by atoms with E-state index in [2.05, 4.69) is 11.1 Å². The molecule has 1 saturated heterocycles. The van der Waals surface area contributed by atoms with E-state index in [1.165, 1.54) is 5.56 Å². The smallest absolute Gasteiger partial charge is 0.151 e. The van der Waals surface area contributed by atoms with Crippen molar-refractivity contribution >= 4 is 28.9 Å². The number of rotatable bonds is 0. The summed E-state index contributed by atoms with van der Waals surface area (Å²) >= 11 is 1.68. The number of fused-ring (bicyclic) bond motifs is 2. The monoisotopic (exact) mass is 217 g/mol. The molecule has 2 heterocycles. The molecule has 0 bridgehead atoms. The van der Waals surface area contributed by atoms with E-state index in [0.717, 1.165) is 23.6 Å². The van der Waals surface area contributed by atoms with Crippen LogP contribution in [0.2, 0.25) is 0 Å². The second-order valence-electron chi connectivity index (χ2n) is 3.95. The average Bonchev–Trinajstić information content (AvgIpc) is 2.27. The minimum Gasteiger partial charge on any atom is -0.298 e. The Morgan fingerprint density at radius 2 is 2.13 bits per heavy atom. The lowest BCUT2D eigenvalue weighted by molar-refractivity contribution is -0.118. The number of nitrogens with zero attached hydrogens (tertiary/aromatic N) is 1. The van der Waals surface area contributed by atoms with E-state index in [1.54, 1.807) is 11.8 Å². The van der Waals surface area contributed by atoms with Crippen molar-refractivity contribution in [3.63, 3.8) is 0 Å². The molecule has 0 aromatic heterocycles. The van der Waals surface area contributed by atoms with Crippen molar-refractivity contribution in [2.45, 2.75) is 6.42 Å². The van der Waals surface area contributed by atoms with Crippen LogP contribution in [0.3, 0.4) is 0 Å². The third-order valence-electron chi connectivity index (χ3n) is 2.96. The van der Waals surface area contributed by atoms with Gasteiger partial charge in [0.15, 0.2) is 5.78 Å². The zero-order valence-electron chi connectivity index (χ0n) is 8.27. The van der Waals surface area contributed by atoms with Crippen molar-refractivity contribution in [2.75, 3.05) is 11.5 Å². The van der Waals surface area contributed by atoms with Crippen LogP contribution in [0.5, 0.6) is 0 Å². The lowest BCUT2D eigenvalue weighted by Gasteiger charge is -2.27. The molecule has 0 radical (unpaired) electrons. The molecule has 1 unspecified atom stereocenters. The van der Waals surface area contributed by atoms with Gasteiger partial charge in [0.2, 0.25) is 0 Å². The van der Waals surface area contributed by atoms with Crippen LogP contribution in [-0.2, 0) is 11.2 Å². The number of hydrogen-bond acceptors (Lipinski definition) is 3. The SMILES string of the molecule is O=C1CSCC2=Nc3ccccc3CC12. The van der Waals surface area contributed by atoms with Gasteiger partial charge in [0.1, 0.15) is 0 Å². The Hall–Kier alpha value is -1.09. The fraction of sp³-hybridized carbons (Fsp3) is 0.333. The van der Waals surface area contributed by atoms with Gasteiger partial charge in [-0.25, -0.2) is 0 Å². The van der Waals surface area contributed by atoms with Gasteiger partial charge in [-0.1, -0.05) is 18.2 Å². The summed E-state index contributed by atoms with van der Waals surface area (Å²) in [5.41, 5.74) is 3.35. The fourth-order valence-corrected chi connectivity index (χ4v) is 3.13.